The van der Waals surface area contributed by atoms with Crippen molar-refractivity contribution in [2.45, 2.75) is 66.2 Å². The number of hydrogen-bond donors (Lipinski definition) is 0. The first-order valence-corrected chi connectivity index (χ1v) is 7.06. The van der Waals surface area contributed by atoms with E-state index in [0.29, 0.717) is 5.41 Å². The topological polar surface area (TPSA) is 0 Å². The van der Waals surface area contributed by atoms with E-state index in [0.717, 1.165) is 17.8 Å². The highest BCUT2D eigenvalue weighted by molar-refractivity contribution is 4.88. The Hall–Kier alpha value is -0.260. The van der Waals surface area contributed by atoms with Gasteiger partial charge in [0.05, 0.1) is 0 Å². The van der Waals surface area contributed by atoms with Crippen LogP contribution in [0, 0.1) is 23.2 Å². The van der Waals surface area contributed by atoms with Gasteiger partial charge in [-0.2, -0.15) is 0 Å². The van der Waals surface area contributed by atoms with E-state index in [4.69, 9.17) is 0 Å². The second-order valence-electron chi connectivity index (χ2n) is 6.90. The quantitative estimate of drug-likeness (QED) is 0.518. The van der Waals surface area contributed by atoms with Crippen molar-refractivity contribution in [2.24, 2.45) is 23.2 Å². The molecule has 3 aliphatic rings. The smallest absolute Gasteiger partial charge is 0.0236 e. The Morgan fingerprint density at radius 3 is 1.38 bits per heavy atom. The molecule has 94 valence electrons. The molecule has 0 amide bonds. The average molecular weight is 222 g/mol. The summed E-state index contributed by atoms with van der Waals surface area (Å²) in [5.74, 6) is 3.03. The summed E-state index contributed by atoms with van der Waals surface area (Å²) in [4.78, 5) is 0. The van der Waals surface area contributed by atoms with E-state index in [2.05, 4.69) is 34.3 Å². The summed E-state index contributed by atoms with van der Waals surface area (Å²) in [6.45, 7) is 12.9. The fourth-order valence-corrected chi connectivity index (χ4v) is 1.45. The fraction of sp³-hybridized carbons (Fsp3) is 0.875. The Labute approximate surface area is 103 Å². The Kier molecular flexibility index (Phi) is 5.08. The summed E-state index contributed by atoms with van der Waals surface area (Å²) in [6, 6.07) is 0. The zero-order valence-corrected chi connectivity index (χ0v) is 11.8. The standard InChI is InChI=1S/C7H14.C5H8.C4H8/c1-7(2,3)6-4-5-6;1-2-5-3-4-5;1-4-2-3-4/h6H,4-5H2,1-3H3;2,5H,1,3-4H2;4H,2-3H2,1H3. The highest BCUT2D eigenvalue weighted by Crippen LogP contribution is 2.44. The third-order valence-corrected chi connectivity index (χ3v) is 3.62. The van der Waals surface area contributed by atoms with Gasteiger partial charge in [-0.1, -0.05) is 46.6 Å². The van der Waals surface area contributed by atoms with E-state index in [1.54, 1.807) is 0 Å². The summed E-state index contributed by atoms with van der Waals surface area (Å²) < 4.78 is 0. The van der Waals surface area contributed by atoms with Gasteiger partial charge in [-0.05, 0) is 48.9 Å². The predicted octanol–water partition coefficient (Wildman–Crippen LogP) is 5.44. The van der Waals surface area contributed by atoms with E-state index in [-0.39, 0.29) is 0 Å². The molecule has 0 aromatic carbocycles. The first-order chi connectivity index (χ1) is 7.43. The van der Waals surface area contributed by atoms with Crippen molar-refractivity contribution in [1.29, 1.82) is 0 Å². The van der Waals surface area contributed by atoms with E-state index in [1.165, 1.54) is 38.5 Å². The Morgan fingerprint density at radius 1 is 0.938 bits per heavy atom. The van der Waals surface area contributed by atoms with Crippen LogP contribution in [0.15, 0.2) is 12.7 Å². The molecule has 0 heterocycles. The van der Waals surface area contributed by atoms with Gasteiger partial charge in [-0.25, -0.2) is 0 Å². The van der Waals surface area contributed by atoms with Gasteiger partial charge < -0.3 is 0 Å². The van der Waals surface area contributed by atoms with Crippen LogP contribution >= 0.6 is 0 Å². The van der Waals surface area contributed by atoms with Crippen molar-refractivity contribution in [3.05, 3.63) is 12.7 Å². The van der Waals surface area contributed by atoms with Crippen molar-refractivity contribution in [1.82, 2.24) is 0 Å². The molecule has 0 nitrogen and oxygen atoms in total. The highest BCUT2D eigenvalue weighted by atomic mass is 14.4. The second kappa shape index (κ2) is 5.89. The zero-order chi connectivity index (χ0) is 12.2. The molecule has 3 fully saturated rings. The van der Waals surface area contributed by atoms with Crippen molar-refractivity contribution in [2.75, 3.05) is 0 Å². The number of hydrogen-bond acceptors (Lipinski definition) is 0. The Morgan fingerprint density at radius 2 is 1.38 bits per heavy atom. The van der Waals surface area contributed by atoms with Crippen LogP contribution in [-0.4, -0.2) is 0 Å². The molecule has 3 saturated carbocycles. The van der Waals surface area contributed by atoms with E-state index >= 15 is 0 Å². The molecule has 0 aliphatic heterocycles. The van der Waals surface area contributed by atoms with Gasteiger partial charge in [-0.3, -0.25) is 0 Å². The average Bonchev–Trinajstić information content (AvgIpc) is 2.97. The normalized spacial score (nSPS) is 23.5. The molecular weight excluding hydrogens is 192 g/mol. The lowest BCUT2D eigenvalue weighted by molar-refractivity contribution is 0.351. The van der Waals surface area contributed by atoms with Crippen LogP contribution in [0.1, 0.15) is 66.2 Å². The van der Waals surface area contributed by atoms with Crippen molar-refractivity contribution >= 4 is 0 Å². The summed E-state index contributed by atoms with van der Waals surface area (Å²) >= 11 is 0. The Bertz CT molecular complexity index is 197. The minimum Gasteiger partial charge on any atom is -0.103 e. The molecule has 3 aliphatic carbocycles. The molecule has 0 aromatic rings. The molecule has 0 unspecified atom stereocenters. The van der Waals surface area contributed by atoms with Crippen LogP contribution in [0.5, 0.6) is 0 Å². The van der Waals surface area contributed by atoms with Crippen LogP contribution < -0.4 is 0 Å². The second-order valence-corrected chi connectivity index (χ2v) is 6.90. The first-order valence-electron chi connectivity index (χ1n) is 7.06. The maximum absolute atomic E-state index is 3.62. The molecule has 0 radical (unpaired) electrons. The van der Waals surface area contributed by atoms with Crippen molar-refractivity contribution in [3.8, 4) is 0 Å². The molecule has 0 spiro atoms. The first kappa shape index (κ1) is 13.8. The molecule has 0 atom stereocenters. The van der Waals surface area contributed by atoms with E-state index in [1.807, 2.05) is 6.08 Å². The maximum Gasteiger partial charge on any atom is -0.0236 e. The summed E-state index contributed by atoms with van der Waals surface area (Å²) in [6.07, 6.45) is 10.7. The van der Waals surface area contributed by atoms with Gasteiger partial charge in [0.25, 0.3) is 0 Å². The number of rotatable bonds is 1. The monoisotopic (exact) mass is 222 g/mol. The third kappa shape index (κ3) is 7.96. The summed E-state index contributed by atoms with van der Waals surface area (Å²) in [5, 5.41) is 0. The summed E-state index contributed by atoms with van der Waals surface area (Å²) in [5.41, 5.74) is 0.611. The molecule has 0 saturated heterocycles. The SMILES string of the molecule is C=CC1CC1.CC(C)(C)C1CC1.CC1CC1. The molecule has 0 bridgehead atoms. The fourth-order valence-electron chi connectivity index (χ4n) is 1.45. The zero-order valence-electron chi connectivity index (χ0n) is 11.8. The lowest BCUT2D eigenvalue weighted by Crippen LogP contribution is -2.06. The van der Waals surface area contributed by atoms with Gasteiger partial charge >= 0.3 is 0 Å². The molecule has 3 rings (SSSR count). The third-order valence-electron chi connectivity index (χ3n) is 3.62. The van der Waals surface area contributed by atoms with E-state index < -0.39 is 0 Å². The van der Waals surface area contributed by atoms with Gasteiger partial charge in [-0.15, -0.1) is 6.58 Å². The lowest BCUT2D eigenvalue weighted by Gasteiger charge is -2.15. The van der Waals surface area contributed by atoms with Gasteiger partial charge in [0.15, 0.2) is 0 Å². The highest BCUT2D eigenvalue weighted by Gasteiger charge is 2.33. The minimum atomic E-state index is 0.611. The maximum atomic E-state index is 3.62. The molecular formula is C16H30. The molecule has 0 N–H and O–H groups in total. The summed E-state index contributed by atoms with van der Waals surface area (Å²) in [7, 11) is 0. The van der Waals surface area contributed by atoms with E-state index in [9.17, 15) is 0 Å². The van der Waals surface area contributed by atoms with Crippen molar-refractivity contribution in [3.63, 3.8) is 0 Å². The van der Waals surface area contributed by atoms with Crippen LogP contribution in [0.3, 0.4) is 0 Å². The van der Waals surface area contributed by atoms with Crippen LogP contribution in [-0.2, 0) is 0 Å². The Balaban J connectivity index is 0.000000125. The largest absolute Gasteiger partial charge is 0.103 e. The number of allylic oxidation sites excluding steroid dienone is 1. The molecule has 0 heteroatoms. The van der Waals surface area contributed by atoms with Crippen LogP contribution in [0.4, 0.5) is 0 Å². The molecule has 16 heavy (non-hydrogen) atoms. The minimum absolute atomic E-state index is 0.611. The predicted molar refractivity (Wildman–Crippen MR) is 73.5 cm³/mol. The van der Waals surface area contributed by atoms with Gasteiger partial charge in [0.1, 0.15) is 0 Å². The van der Waals surface area contributed by atoms with Crippen molar-refractivity contribution < 1.29 is 0 Å². The van der Waals surface area contributed by atoms with Gasteiger partial charge in [0.2, 0.25) is 0 Å². The van der Waals surface area contributed by atoms with Gasteiger partial charge in [0, 0.05) is 0 Å². The lowest BCUT2D eigenvalue weighted by atomic mass is 9.91. The van der Waals surface area contributed by atoms with Crippen LogP contribution in [0.2, 0.25) is 0 Å². The van der Waals surface area contributed by atoms with Crippen LogP contribution in [0.25, 0.3) is 0 Å². The molecule has 0 aromatic heterocycles.